The van der Waals surface area contributed by atoms with Crippen LogP contribution >= 0.6 is 0 Å². The number of benzene rings is 1. The highest BCUT2D eigenvalue weighted by atomic mass is 19.1. The Labute approximate surface area is 170 Å². The van der Waals surface area contributed by atoms with Gasteiger partial charge in [0.25, 0.3) is 0 Å². The summed E-state index contributed by atoms with van der Waals surface area (Å²) >= 11 is 0. The zero-order chi connectivity index (χ0) is 21.2. The number of alkyl halides is 1. The van der Waals surface area contributed by atoms with Gasteiger partial charge in [-0.05, 0) is 31.7 Å². The van der Waals surface area contributed by atoms with E-state index >= 15 is 4.39 Å². The standard InChI is InChI=1S/C21H22F3N3O3/c22-15-5-13-18(27(12-3-4-12)8-14(20(13)28)21(29)30)17(24)19(15)26-7-10(16(23)9-26)6-25-11-1-2-11/h5,8,10-12,16,25H,1-4,6-7,9H2,(H,29,30)/t10-,16-/m1/s1. The van der Waals surface area contributed by atoms with Crippen LogP contribution in [0.5, 0.6) is 0 Å². The lowest BCUT2D eigenvalue weighted by molar-refractivity contribution is 0.0694. The van der Waals surface area contributed by atoms with Gasteiger partial charge in [0.1, 0.15) is 23.2 Å². The van der Waals surface area contributed by atoms with Gasteiger partial charge in [-0.1, -0.05) is 0 Å². The molecule has 0 unspecified atom stereocenters. The Bertz CT molecular complexity index is 1090. The molecule has 2 N–H and O–H groups in total. The second kappa shape index (κ2) is 7.01. The van der Waals surface area contributed by atoms with Gasteiger partial charge in [-0.2, -0.15) is 0 Å². The minimum absolute atomic E-state index is 0.112. The molecule has 1 saturated heterocycles. The van der Waals surface area contributed by atoms with E-state index in [1.807, 2.05) is 0 Å². The van der Waals surface area contributed by atoms with Gasteiger partial charge in [0.15, 0.2) is 5.82 Å². The number of carboxylic acids is 1. The first kappa shape index (κ1) is 19.4. The third-order valence-corrected chi connectivity index (χ3v) is 6.28. The first-order valence-corrected chi connectivity index (χ1v) is 10.3. The lowest BCUT2D eigenvalue weighted by atomic mass is 10.1. The molecule has 0 radical (unpaired) electrons. The number of aromatic nitrogens is 1. The fraction of sp³-hybridized carbons (Fsp3) is 0.524. The highest BCUT2D eigenvalue weighted by molar-refractivity contribution is 5.94. The number of rotatable bonds is 6. The van der Waals surface area contributed by atoms with Crippen molar-refractivity contribution < 1.29 is 23.1 Å². The second-order valence-corrected chi connectivity index (χ2v) is 8.60. The average Bonchev–Trinajstić information content (AvgIpc) is 3.60. The fourth-order valence-electron chi connectivity index (χ4n) is 4.33. The summed E-state index contributed by atoms with van der Waals surface area (Å²) in [5.41, 5.74) is -1.90. The molecule has 1 aromatic carbocycles. The molecule has 2 atom stereocenters. The summed E-state index contributed by atoms with van der Waals surface area (Å²) in [5, 5.41) is 12.3. The monoisotopic (exact) mass is 421 g/mol. The molecular formula is C21H22F3N3O3. The lowest BCUT2D eigenvalue weighted by Gasteiger charge is -2.22. The predicted octanol–water partition coefficient (Wildman–Crippen LogP) is 2.84. The summed E-state index contributed by atoms with van der Waals surface area (Å²) in [6.07, 6.45) is 3.49. The topological polar surface area (TPSA) is 74.6 Å². The molecule has 2 aromatic rings. The molecule has 1 aliphatic heterocycles. The minimum Gasteiger partial charge on any atom is -0.477 e. The molecule has 3 aliphatic rings. The Morgan fingerprint density at radius 3 is 2.57 bits per heavy atom. The van der Waals surface area contributed by atoms with E-state index in [1.165, 1.54) is 9.47 Å². The molecule has 1 aromatic heterocycles. The van der Waals surface area contributed by atoms with E-state index in [0.29, 0.717) is 25.4 Å². The SMILES string of the molecule is O=C(O)c1cn(C2CC2)c2c(F)c(N3C[C@@H](CNC4CC4)[C@H](F)C3)c(F)cc2c1=O. The number of halogens is 3. The predicted molar refractivity (Wildman–Crippen MR) is 105 cm³/mol. The number of aromatic carboxylic acids is 1. The van der Waals surface area contributed by atoms with E-state index in [-0.39, 0.29) is 41.6 Å². The molecule has 9 heteroatoms. The van der Waals surface area contributed by atoms with E-state index in [1.54, 1.807) is 0 Å². The number of carbonyl (C=O) groups is 1. The first-order valence-electron chi connectivity index (χ1n) is 10.3. The lowest BCUT2D eigenvalue weighted by Crippen LogP contribution is -2.30. The molecule has 0 bridgehead atoms. The third kappa shape index (κ3) is 3.25. The Morgan fingerprint density at radius 1 is 1.20 bits per heavy atom. The van der Waals surface area contributed by atoms with Crippen molar-refractivity contribution in [3.05, 3.63) is 39.7 Å². The zero-order valence-corrected chi connectivity index (χ0v) is 16.2. The first-order chi connectivity index (χ1) is 14.3. The van der Waals surface area contributed by atoms with Gasteiger partial charge in [0.05, 0.1) is 10.9 Å². The summed E-state index contributed by atoms with van der Waals surface area (Å²) in [5.74, 6) is -3.73. The van der Waals surface area contributed by atoms with Gasteiger partial charge in [0.2, 0.25) is 5.43 Å². The Hall–Kier alpha value is -2.55. The molecule has 0 spiro atoms. The van der Waals surface area contributed by atoms with Crippen molar-refractivity contribution in [1.82, 2.24) is 9.88 Å². The Kier molecular flexibility index (Phi) is 4.53. The van der Waals surface area contributed by atoms with Gasteiger partial charge in [-0.3, -0.25) is 4.79 Å². The number of fused-ring (bicyclic) bond motifs is 1. The molecule has 6 nitrogen and oxygen atoms in total. The van der Waals surface area contributed by atoms with Crippen LogP contribution in [0.2, 0.25) is 0 Å². The molecular weight excluding hydrogens is 399 g/mol. The van der Waals surface area contributed by atoms with Gasteiger partial charge in [0, 0.05) is 43.8 Å². The van der Waals surface area contributed by atoms with Gasteiger partial charge in [-0.25, -0.2) is 18.0 Å². The number of hydrogen-bond acceptors (Lipinski definition) is 4. The quantitative estimate of drug-likeness (QED) is 0.751. The van der Waals surface area contributed by atoms with E-state index in [0.717, 1.165) is 25.1 Å². The van der Waals surface area contributed by atoms with Crippen LogP contribution in [-0.4, -0.2) is 47.5 Å². The van der Waals surface area contributed by atoms with E-state index in [4.69, 9.17) is 0 Å². The maximum Gasteiger partial charge on any atom is 0.341 e. The Morgan fingerprint density at radius 2 is 1.93 bits per heavy atom. The number of carboxylic acid groups (broad SMARTS) is 1. The fourth-order valence-corrected chi connectivity index (χ4v) is 4.33. The Balaban J connectivity index is 1.58. The number of hydrogen-bond donors (Lipinski definition) is 2. The smallest absolute Gasteiger partial charge is 0.341 e. The molecule has 30 heavy (non-hydrogen) atoms. The molecule has 3 fully saturated rings. The van der Waals surface area contributed by atoms with Crippen molar-refractivity contribution in [3.63, 3.8) is 0 Å². The van der Waals surface area contributed by atoms with Crippen LogP contribution in [0.3, 0.4) is 0 Å². The van der Waals surface area contributed by atoms with Crippen LogP contribution in [0.25, 0.3) is 10.9 Å². The highest BCUT2D eigenvalue weighted by Gasteiger charge is 2.38. The van der Waals surface area contributed by atoms with Crippen LogP contribution < -0.4 is 15.6 Å². The van der Waals surface area contributed by atoms with Crippen LogP contribution in [0.4, 0.5) is 18.9 Å². The van der Waals surface area contributed by atoms with Crippen LogP contribution in [-0.2, 0) is 0 Å². The maximum absolute atomic E-state index is 15.6. The minimum atomic E-state index is -1.44. The number of anilines is 1. The summed E-state index contributed by atoms with van der Waals surface area (Å²) in [4.78, 5) is 25.3. The van der Waals surface area contributed by atoms with Gasteiger partial charge < -0.3 is 19.9 Å². The molecule has 2 heterocycles. The van der Waals surface area contributed by atoms with Crippen molar-refractivity contribution in [2.75, 3.05) is 24.5 Å². The summed E-state index contributed by atoms with van der Waals surface area (Å²) in [6.45, 7) is 0.492. The average molecular weight is 421 g/mol. The molecule has 0 amide bonds. The summed E-state index contributed by atoms with van der Waals surface area (Å²) < 4.78 is 46.5. The van der Waals surface area contributed by atoms with Crippen molar-refractivity contribution >= 4 is 22.6 Å². The number of nitrogens with zero attached hydrogens (tertiary/aromatic N) is 2. The van der Waals surface area contributed by atoms with Crippen LogP contribution in [0.15, 0.2) is 17.1 Å². The third-order valence-electron chi connectivity index (χ3n) is 6.28. The molecule has 2 saturated carbocycles. The van der Waals surface area contributed by atoms with Crippen molar-refractivity contribution in [3.8, 4) is 0 Å². The van der Waals surface area contributed by atoms with Crippen molar-refractivity contribution in [1.29, 1.82) is 0 Å². The van der Waals surface area contributed by atoms with Crippen molar-refractivity contribution in [2.45, 2.75) is 43.9 Å². The second-order valence-electron chi connectivity index (χ2n) is 8.60. The largest absolute Gasteiger partial charge is 0.477 e. The van der Waals surface area contributed by atoms with Gasteiger partial charge >= 0.3 is 5.97 Å². The summed E-state index contributed by atoms with van der Waals surface area (Å²) in [6, 6.07) is 1.17. The van der Waals surface area contributed by atoms with E-state index < -0.39 is 34.8 Å². The van der Waals surface area contributed by atoms with Gasteiger partial charge in [-0.15, -0.1) is 0 Å². The van der Waals surface area contributed by atoms with Crippen molar-refractivity contribution in [2.24, 2.45) is 5.92 Å². The van der Waals surface area contributed by atoms with Crippen LogP contribution in [0, 0.1) is 17.6 Å². The number of pyridine rings is 1. The normalized spacial score (nSPS) is 24.0. The maximum atomic E-state index is 15.6. The number of nitrogens with one attached hydrogen (secondary N) is 1. The zero-order valence-electron chi connectivity index (χ0n) is 16.2. The van der Waals surface area contributed by atoms with E-state index in [2.05, 4.69) is 5.32 Å². The summed E-state index contributed by atoms with van der Waals surface area (Å²) in [7, 11) is 0. The highest BCUT2D eigenvalue weighted by Crippen LogP contribution is 2.40. The molecule has 160 valence electrons. The molecule has 5 rings (SSSR count). The van der Waals surface area contributed by atoms with E-state index in [9.17, 15) is 23.5 Å². The van der Waals surface area contributed by atoms with Crippen LogP contribution in [0.1, 0.15) is 42.1 Å². The molecule has 2 aliphatic carbocycles.